The van der Waals surface area contributed by atoms with Crippen LogP contribution < -0.4 is 5.73 Å². The van der Waals surface area contributed by atoms with Crippen molar-refractivity contribution in [2.45, 2.75) is 51.6 Å². The molecule has 0 spiro atoms. The predicted octanol–water partition coefficient (Wildman–Crippen LogP) is 2.76. The van der Waals surface area contributed by atoms with Crippen molar-refractivity contribution in [3.63, 3.8) is 0 Å². The number of nitrogens with two attached hydrogens (primary N) is 1. The predicted molar refractivity (Wildman–Crippen MR) is 87.5 cm³/mol. The first-order valence-corrected chi connectivity index (χ1v) is 8.25. The number of halogens is 1. The molecule has 1 amide bonds. The Kier molecular flexibility index (Phi) is 5.88. The van der Waals surface area contributed by atoms with Crippen LogP contribution in [-0.4, -0.2) is 35.2 Å². The number of hydrogen-bond acceptors (Lipinski definition) is 3. The fourth-order valence-electron chi connectivity index (χ4n) is 3.21. The maximum atomic E-state index is 13.2. The highest BCUT2D eigenvalue weighted by Crippen LogP contribution is 2.22. The van der Waals surface area contributed by atoms with Gasteiger partial charge in [0.1, 0.15) is 5.82 Å². The summed E-state index contributed by atoms with van der Waals surface area (Å²) in [7, 11) is 0. The number of Topliss-reactive ketones (excluding diaryl/α,β-unsaturated/α-hetero) is 1. The lowest BCUT2D eigenvalue weighted by Gasteiger charge is -2.38. The van der Waals surface area contributed by atoms with Crippen LogP contribution in [0.3, 0.4) is 0 Å². The molecular weight excluding hydrogens is 295 g/mol. The van der Waals surface area contributed by atoms with E-state index in [4.69, 9.17) is 5.73 Å². The van der Waals surface area contributed by atoms with Crippen molar-refractivity contribution < 1.29 is 14.0 Å². The molecule has 3 atom stereocenters. The number of nitrogens with zero attached hydrogens (tertiary/aromatic N) is 1. The highest BCUT2D eigenvalue weighted by atomic mass is 19.1. The van der Waals surface area contributed by atoms with Crippen molar-refractivity contribution in [1.29, 1.82) is 0 Å². The van der Waals surface area contributed by atoms with Crippen LogP contribution in [0.25, 0.3) is 0 Å². The van der Waals surface area contributed by atoms with Gasteiger partial charge in [0.2, 0.25) is 5.91 Å². The van der Waals surface area contributed by atoms with E-state index in [0.29, 0.717) is 12.1 Å². The van der Waals surface area contributed by atoms with Gasteiger partial charge in [0.15, 0.2) is 5.78 Å². The minimum absolute atomic E-state index is 0.0377. The lowest BCUT2D eigenvalue weighted by Crippen LogP contribution is -2.52. The van der Waals surface area contributed by atoms with E-state index in [9.17, 15) is 14.0 Å². The molecule has 2 rings (SSSR count). The van der Waals surface area contributed by atoms with Crippen LogP contribution in [0.1, 0.15) is 49.9 Å². The Balaban J connectivity index is 2.02. The van der Waals surface area contributed by atoms with Gasteiger partial charge in [0, 0.05) is 36.5 Å². The number of carbonyl (C=O) groups is 2. The quantitative estimate of drug-likeness (QED) is 0.849. The summed E-state index contributed by atoms with van der Waals surface area (Å²) in [5.41, 5.74) is 6.30. The minimum Gasteiger partial charge on any atom is -0.338 e. The van der Waals surface area contributed by atoms with Gasteiger partial charge in [-0.3, -0.25) is 9.59 Å². The molecule has 1 saturated heterocycles. The monoisotopic (exact) mass is 320 g/mol. The highest BCUT2D eigenvalue weighted by molar-refractivity contribution is 5.99. The Bertz CT molecular complexity index is 574. The van der Waals surface area contributed by atoms with Crippen LogP contribution in [0.15, 0.2) is 24.3 Å². The Morgan fingerprint density at radius 3 is 2.74 bits per heavy atom. The fourth-order valence-corrected chi connectivity index (χ4v) is 3.21. The minimum atomic E-state index is -0.472. The van der Waals surface area contributed by atoms with Gasteiger partial charge in [-0.15, -0.1) is 0 Å². The van der Waals surface area contributed by atoms with E-state index < -0.39 is 11.7 Å². The first-order valence-electron chi connectivity index (χ1n) is 8.25. The SMILES string of the molecule is CC(CC(=O)N1CCCCC1C(C)N)C(=O)c1cccc(F)c1. The van der Waals surface area contributed by atoms with E-state index in [1.807, 2.05) is 11.8 Å². The Morgan fingerprint density at radius 2 is 2.09 bits per heavy atom. The van der Waals surface area contributed by atoms with Crippen LogP contribution >= 0.6 is 0 Å². The molecule has 0 saturated carbocycles. The van der Waals surface area contributed by atoms with Gasteiger partial charge in [-0.25, -0.2) is 4.39 Å². The molecule has 3 unspecified atom stereocenters. The van der Waals surface area contributed by atoms with Gasteiger partial charge < -0.3 is 10.6 Å². The number of amides is 1. The highest BCUT2D eigenvalue weighted by Gasteiger charge is 2.31. The second-order valence-electron chi connectivity index (χ2n) is 6.49. The molecule has 1 aliphatic rings. The zero-order valence-electron chi connectivity index (χ0n) is 13.8. The third-order valence-electron chi connectivity index (χ3n) is 4.51. The molecule has 1 fully saturated rings. The molecule has 1 aromatic rings. The van der Waals surface area contributed by atoms with Crippen LogP contribution in [0.2, 0.25) is 0 Å². The third-order valence-corrected chi connectivity index (χ3v) is 4.51. The van der Waals surface area contributed by atoms with Gasteiger partial charge in [-0.2, -0.15) is 0 Å². The second-order valence-corrected chi connectivity index (χ2v) is 6.49. The zero-order valence-corrected chi connectivity index (χ0v) is 13.8. The van der Waals surface area contributed by atoms with Crippen molar-refractivity contribution in [1.82, 2.24) is 4.90 Å². The molecule has 0 aliphatic carbocycles. The molecule has 1 heterocycles. The van der Waals surface area contributed by atoms with E-state index in [-0.39, 0.29) is 30.2 Å². The van der Waals surface area contributed by atoms with Crippen molar-refractivity contribution >= 4 is 11.7 Å². The summed E-state index contributed by atoms with van der Waals surface area (Å²) in [4.78, 5) is 26.8. The molecule has 23 heavy (non-hydrogen) atoms. The molecule has 4 nitrogen and oxygen atoms in total. The van der Waals surface area contributed by atoms with Gasteiger partial charge >= 0.3 is 0 Å². The molecule has 0 aromatic heterocycles. The number of carbonyl (C=O) groups excluding carboxylic acids is 2. The first-order chi connectivity index (χ1) is 10.9. The first kappa shape index (κ1) is 17.6. The maximum absolute atomic E-state index is 13.2. The molecule has 126 valence electrons. The lowest BCUT2D eigenvalue weighted by molar-refractivity contribution is -0.136. The van der Waals surface area contributed by atoms with Crippen LogP contribution in [0, 0.1) is 11.7 Å². The standard InChI is InChI=1S/C18H25FN2O2/c1-12(18(23)14-6-5-7-15(19)11-14)10-17(22)21-9-4-3-8-16(21)13(2)20/h5-7,11-13,16H,3-4,8-10,20H2,1-2H3. The number of rotatable bonds is 5. The molecule has 1 aromatic carbocycles. The van der Waals surface area contributed by atoms with Gasteiger partial charge in [-0.05, 0) is 38.3 Å². The molecule has 1 aliphatic heterocycles. The van der Waals surface area contributed by atoms with E-state index in [2.05, 4.69) is 0 Å². The van der Waals surface area contributed by atoms with E-state index >= 15 is 0 Å². The van der Waals surface area contributed by atoms with E-state index in [1.165, 1.54) is 18.2 Å². The average Bonchev–Trinajstić information content (AvgIpc) is 2.53. The topological polar surface area (TPSA) is 63.4 Å². The van der Waals surface area contributed by atoms with Crippen molar-refractivity contribution in [3.05, 3.63) is 35.6 Å². The number of likely N-dealkylation sites (tertiary alicyclic amines) is 1. The number of ketones is 1. The molecule has 2 N–H and O–H groups in total. The Morgan fingerprint density at radius 1 is 1.35 bits per heavy atom. The summed E-state index contributed by atoms with van der Waals surface area (Å²) < 4.78 is 13.2. The normalized spacial score (nSPS) is 20.9. The van der Waals surface area contributed by atoms with Crippen molar-refractivity contribution in [3.8, 4) is 0 Å². The van der Waals surface area contributed by atoms with Crippen LogP contribution in [0.4, 0.5) is 4.39 Å². The van der Waals surface area contributed by atoms with Gasteiger partial charge in [-0.1, -0.05) is 19.1 Å². The molecule has 0 radical (unpaired) electrons. The Labute approximate surface area is 136 Å². The van der Waals surface area contributed by atoms with Gasteiger partial charge in [0.25, 0.3) is 0 Å². The third kappa shape index (κ3) is 4.38. The number of piperidine rings is 1. The molecular formula is C18H25FN2O2. The van der Waals surface area contributed by atoms with Gasteiger partial charge in [0.05, 0.1) is 0 Å². The zero-order chi connectivity index (χ0) is 17.0. The Hall–Kier alpha value is -1.75. The summed E-state index contributed by atoms with van der Waals surface area (Å²) in [6.07, 6.45) is 3.10. The molecule has 5 heteroatoms. The van der Waals surface area contributed by atoms with Crippen LogP contribution in [0.5, 0.6) is 0 Å². The van der Waals surface area contributed by atoms with E-state index in [1.54, 1.807) is 13.0 Å². The van der Waals surface area contributed by atoms with Crippen molar-refractivity contribution in [2.75, 3.05) is 6.54 Å². The smallest absolute Gasteiger partial charge is 0.223 e. The van der Waals surface area contributed by atoms with E-state index in [0.717, 1.165) is 19.3 Å². The molecule has 0 bridgehead atoms. The average molecular weight is 320 g/mol. The largest absolute Gasteiger partial charge is 0.338 e. The summed E-state index contributed by atoms with van der Waals surface area (Å²) in [5.74, 6) is -1.15. The van der Waals surface area contributed by atoms with Crippen LogP contribution in [-0.2, 0) is 4.79 Å². The summed E-state index contributed by atoms with van der Waals surface area (Å²) in [5, 5.41) is 0. The number of benzene rings is 1. The fraction of sp³-hybridized carbons (Fsp3) is 0.556. The summed E-state index contributed by atoms with van der Waals surface area (Å²) >= 11 is 0. The van der Waals surface area contributed by atoms with Crippen molar-refractivity contribution in [2.24, 2.45) is 11.7 Å². The lowest BCUT2D eigenvalue weighted by atomic mass is 9.93. The second kappa shape index (κ2) is 7.68. The summed E-state index contributed by atoms with van der Waals surface area (Å²) in [6, 6.07) is 5.58. The summed E-state index contributed by atoms with van der Waals surface area (Å²) in [6.45, 7) is 4.33. The maximum Gasteiger partial charge on any atom is 0.223 e. The number of hydrogen-bond donors (Lipinski definition) is 1.